The lowest BCUT2D eigenvalue weighted by atomic mass is 9.97. The van der Waals surface area contributed by atoms with Gasteiger partial charge in [0.15, 0.2) is 0 Å². The van der Waals surface area contributed by atoms with Crippen molar-refractivity contribution in [1.29, 1.82) is 0 Å². The first-order valence-electron chi connectivity index (χ1n) is 6.83. The van der Waals surface area contributed by atoms with Crippen LogP contribution < -0.4 is 0 Å². The molecule has 4 aliphatic rings. The van der Waals surface area contributed by atoms with Crippen molar-refractivity contribution < 1.29 is 0 Å². The number of fused-ring (bicyclic) bond motifs is 4. The SMILES string of the molecule is C1=CC2=C(C1)C1=C(C2)CC2=C1Cc1ccccc12. The Balaban J connectivity index is 1.67. The number of allylic oxidation sites excluding steroid dienone is 8. The fourth-order valence-electron chi connectivity index (χ4n) is 4.14. The molecule has 1 aromatic carbocycles. The fourth-order valence-corrected chi connectivity index (χ4v) is 4.14. The van der Waals surface area contributed by atoms with Crippen molar-refractivity contribution in [3.05, 3.63) is 75.4 Å². The van der Waals surface area contributed by atoms with E-state index in [0.29, 0.717) is 0 Å². The summed E-state index contributed by atoms with van der Waals surface area (Å²) in [4.78, 5) is 0. The van der Waals surface area contributed by atoms with Crippen LogP contribution in [0.15, 0.2) is 64.3 Å². The van der Waals surface area contributed by atoms with Gasteiger partial charge in [-0.1, -0.05) is 42.0 Å². The molecule has 0 fully saturated rings. The lowest BCUT2D eigenvalue weighted by molar-refractivity contribution is 1.11. The van der Waals surface area contributed by atoms with Crippen molar-refractivity contribution in [2.45, 2.75) is 25.7 Å². The minimum Gasteiger partial charge on any atom is -0.0798 e. The van der Waals surface area contributed by atoms with E-state index < -0.39 is 0 Å². The van der Waals surface area contributed by atoms with Gasteiger partial charge < -0.3 is 0 Å². The second kappa shape index (κ2) is 2.95. The highest BCUT2D eigenvalue weighted by Gasteiger charge is 2.36. The predicted molar refractivity (Wildman–Crippen MR) is 74.1 cm³/mol. The minimum atomic E-state index is 1.17. The van der Waals surface area contributed by atoms with E-state index in [1.54, 1.807) is 33.4 Å². The molecule has 5 rings (SSSR count). The van der Waals surface area contributed by atoms with Gasteiger partial charge in [0.1, 0.15) is 0 Å². The van der Waals surface area contributed by atoms with Crippen LogP contribution in [0.2, 0.25) is 0 Å². The van der Waals surface area contributed by atoms with Gasteiger partial charge in [-0.15, -0.1) is 0 Å². The van der Waals surface area contributed by atoms with Crippen LogP contribution in [-0.2, 0) is 6.42 Å². The molecule has 0 heterocycles. The molecule has 0 aromatic heterocycles. The third-order valence-electron chi connectivity index (χ3n) is 4.85. The van der Waals surface area contributed by atoms with E-state index in [1.165, 1.54) is 36.8 Å². The summed E-state index contributed by atoms with van der Waals surface area (Å²) in [5, 5.41) is 0. The molecule has 0 nitrogen and oxygen atoms in total. The van der Waals surface area contributed by atoms with Gasteiger partial charge in [0.2, 0.25) is 0 Å². The van der Waals surface area contributed by atoms with Gasteiger partial charge in [0, 0.05) is 0 Å². The minimum absolute atomic E-state index is 1.17. The molecule has 0 unspecified atom stereocenters. The van der Waals surface area contributed by atoms with Crippen molar-refractivity contribution >= 4 is 5.57 Å². The Hall–Kier alpha value is -1.82. The zero-order chi connectivity index (χ0) is 11.7. The number of benzene rings is 1. The Morgan fingerprint density at radius 1 is 0.833 bits per heavy atom. The molecule has 0 radical (unpaired) electrons. The van der Waals surface area contributed by atoms with E-state index in [1.807, 2.05) is 0 Å². The summed E-state index contributed by atoms with van der Waals surface area (Å²) < 4.78 is 0. The van der Waals surface area contributed by atoms with E-state index in [9.17, 15) is 0 Å². The van der Waals surface area contributed by atoms with Crippen LogP contribution in [-0.4, -0.2) is 0 Å². The molecule has 1 aromatic rings. The van der Waals surface area contributed by atoms with Gasteiger partial charge >= 0.3 is 0 Å². The zero-order valence-corrected chi connectivity index (χ0v) is 10.3. The summed E-state index contributed by atoms with van der Waals surface area (Å²) in [7, 11) is 0. The van der Waals surface area contributed by atoms with Crippen LogP contribution in [0.4, 0.5) is 0 Å². The topological polar surface area (TPSA) is 0 Å². The van der Waals surface area contributed by atoms with Crippen LogP contribution in [0.5, 0.6) is 0 Å². The quantitative estimate of drug-likeness (QED) is 0.621. The number of hydrogen-bond donors (Lipinski definition) is 0. The molecular formula is C18H14. The van der Waals surface area contributed by atoms with Gasteiger partial charge in [0.25, 0.3) is 0 Å². The van der Waals surface area contributed by atoms with Gasteiger partial charge in [-0.05, 0) is 64.7 Å². The Bertz CT molecular complexity index is 720. The monoisotopic (exact) mass is 230 g/mol. The predicted octanol–water partition coefficient (Wildman–Crippen LogP) is 4.36. The van der Waals surface area contributed by atoms with Crippen LogP contribution in [0.25, 0.3) is 5.57 Å². The molecule has 0 bridgehead atoms. The highest BCUT2D eigenvalue weighted by atomic mass is 14.4. The second-order valence-electron chi connectivity index (χ2n) is 5.73. The zero-order valence-electron chi connectivity index (χ0n) is 10.3. The lowest BCUT2D eigenvalue weighted by Crippen LogP contribution is -1.92. The van der Waals surface area contributed by atoms with Crippen LogP contribution in [0.3, 0.4) is 0 Å². The first-order valence-corrected chi connectivity index (χ1v) is 6.83. The third kappa shape index (κ3) is 0.940. The highest BCUT2D eigenvalue weighted by Crippen LogP contribution is 2.55. The summed E-state index contributed by atoms with van der Waals surface area (Å²) >= 11 is 0. The standard InChI is InChI=1S/C18H14/c1-2-6-14-12(4-1)9-17-16(14)10-13-8-11-5-3-7-15(11)18(13)17/h1-6H,7-10H2. The molecule has 0 spiro atoms. The Kier molecular flexibility index (Phi) is 1.50. The lowest BCUT2D eigenvalue weighted by Gasteiger charge is -2.07. The first-order chi connectivity index (χ1) is 8.92. The van der Waals surface area contributed by atoms with E-state index in [4.69, 9.17) is 0 Å². The van der Waals surface area contributed by atoms with Gasteiger partial charge in [-0.2, -0.15) is 0 Å². The van der Waals surface area contributed by atoms with E-state index >= 15 is 0 Å². The summed E-state index contributed by atoms with van der Waals surface area (Å²) in [6, 6.07) is 8.96. The molecular weight excluding hydrogens is 216 g/mol. The Morgan fingerprint density at radius 3 is 2.78 bits per heavy atom. The third-order valence-corrected chi connectivity index (χ3v) is 4.85. The van der Waals surface area contributed by atoms with Crippen molar-refractivity contribution in [3.8, 4) is 0 Å². The Morgan fingerprint density at radius 2 is 1.78 bits per heavy atom. The number of rotatable bonds is 0. The van der Waals surface area contributed by atoms with Crippen LogP contribution in [0, 0.1) is 0 Å². The first kappa shape index (κ1) is 9.16. The Labute approximate surface area is 107 Å². The average Bonchev–Trinajstić information content (AvgIpc) is 3.05. The smallest absolute Gasteiger partial charge is 0.00106 e. The average molecular weight is 230 g/mol. The molecule has 4 aliphatic carbocycles. The summed E-state index contributed by atoms with van der Waals surface area (Å²) in [6.45, 7) is 0. The maximum absolute atomic E-state index is 2.34. The molecule has 0 heteroatoms. The summed E-state index contributed by atoms with van der Waals surface area (Å²) in [5.74, 6) is 0. The van der Waals surface area contributed by atoms with E-state index in [-0.39, 0.29) is 0 Å². The van der Waals surface area contributed by atoms with Gasteiger partial charge in [-0.3, -0.25) is 0 Å². The molecule has 86 valence electrons. The summed E-state index contributed by atoms with van der Waals surface area (Å²) in [6.07, 6.45) is 9.44. The van der Waals surface area contributed by atoms with Crippen LogP contribution >= 0.6 is 0 Å². The molecule has 0 amide bonds. The van der Waals surface area contributed by atoms with Gasteiger partial charge in [0.05, 0.1) is 0 Å². The molecule has 0 atom stereocenters. The normalized spacial score (nSPS) is 22.9. The second-order valence-corrected chi connectivity index (χ2v) is 5.73. The highest BCUT2D eigenvalue weighted by molar-refractivity contribution is 5.88. The largest absolute Gasteiger partial charge is 0.0798 e. The van der Waals surface area contributed by atoms with Crippen molar-refractivity contribution in [2.24, 2.45) is 0 Å². The van der Waals surface area contributed by atoms with Crippen molar-refractivity contribution in [1.82, 2.24) is 0 Å². The molecule has 18 heavy (non-hydrogen) atoms. The molecule has 0 aliphatic heterocycles. The molecule has 0 saturated carbocycles. The van der Waals surface area contributed by atoms with Crippen molar-refractivity contribution in [2.75, 3.05) is 0 Å². The number of hydrogen-bond acceptors (Lipinski definition) is 0. The summed E-state index contributed by atoms with van der Waals surface area (Å²) in [5.41, 5.74) is 12.9. The molecule has 0 N–H and O–H groups in total. The molecule has 0 saturated heterocycles. The van der Waals surface area contributed by atoms with Gasteiger partial charge in [-0.25, -0.2) is 0 Å². The van der Waals surface area contributed by atoms with Crippen molar-refractivity contribution in [3.63, 3.8) is 0 Å². The van der Waals surface area contributed by atoms with E-state index in [0.717, 1.165) is 0 Å². The van der Waals surface area contributed by atoms with E-state index in [2.05, 4.69) is 36.4 Å². The maximum atomic E-state index is 2.34. The fraction of sp³-hybridized carbons (Fsp3) is 0.222. The van der Waals surface area contributed by atoms with Crippen LogP contribution in [0.1, 0.15) is 30.4 Å². The maximum Gasteiger partial charge on any atom is -0.00106 e.